The van der Waals surface area contributed by atoms with Crippen molar-refractivity contribution in [2.24, 2.45) is 11.3 Å². The van der Waals surface area contributed by atoms with Crippen molar-refractivity contribution < 1.29 is 14.4 Å². The second-order valence-electron chi connectivity index (χ2n) is 11.2. The summed E-state index contributed by atoms with van der Waals surface area (Å²) in [6.45, 7) is 7.02. The largest absolute Gasteiger partial charge is 0.354 e. The number of carbonyl (C=O) groups is 3. The quantitative estimate of drug-likeness (QED) is 0.677. The lowest BCUT2D eigenvalue weighted by Gasteiger charge is -2.40. The molecule has 0 bridgehead atoms. The van der Waals surface area contributed by atoms with Crippen LogP contribution in [0.3, 0.4) is 0 Å². The van der Waals surface area contributed by atoms with Gasteiger partial charge in [-0.15, -0.1) is 0 Å². The summed E-state index contributed by atoms with van der Waals surface area (Å²) in [5.74, 6) is 0.0375. The van der Waals surface area contributed by atoms with Gasteiger partial charge in [-0.25, -0.2) is 4.79 Å². The van der Waals surface area contributed by atoms with Crippen LogP contribution in [0.15, 0.2) is 30.3 Å². The lowest BCUT2D eigenvalue weighted by molar-refractivity contribution is -0.136. The maximum atomic E-state index is 13.2. The van der Waals surface area contributed by atoms with E-state index in [9.17, 15) is 14.4 Å². The molecule has 174 valence electrons. The minimum absolute atomic E-state index is 0.0548. The molecule has 1 aromatic carbocycles. The van der Waals surface area contributed by atoms with E-state index in [-0.39, 0.29) is 29.2 Å². The molecule has 4 rings (SSSR count). The van der Waals surface area contributed by atoms with Crippen molar-refractivity contribution in [3.8, 4) is 0 Å². The van der Waals surface area contributed by atoms with Gasteiger partial charge in [-0.05, 0) is 55.4 Å². The third-order valence-corrected chi connectivity index (χ3v) is 8.18. The fourth-order valence-corrected chi connectivity index (χ4v) is 6.01. The van der Waals surface area contributed by atoms with Gasteiger partial charge < -0.3 is 10.6 Å². The topological polar surface area (TPSA) is 78.5 Å². The second kappa shape index (κ2) is 8.53. The summed E-state index contributed by atoms with van der Waals surface area (Å²) in [5, 5.41) is 5.97. The molecule has 1 aromatic rings. The monoisotopic (exact) mass is 439 g/mol. The van der Waals surface area contributed by atoms with Crippen molar-refractivity contribution in [3.05, 3.63) is 35.9 Å². The predicted octanol–water partition coefficient (Wildman–Crippen LogP) is 4.14. The number of amides is 4. The highest BCUT2D eigenvalue weighted by atomic mass is 16.2. The van der Waals surface area contributed by atoms with Crippen LogP contribution < -0.4 is 10.6 Å². The number of nitrogens with one attached hydrogen (secondary N) is 2. The van der Waals surface area contributed by atoms with Crippen molar-refractivity contribution in [1.82, 2.24) is 15.5 Å². The highest BCUT2D eigenvalue weighted by Crippen LogP contribution is 2.43. The Hall–Kier alpha value is -2.37. The molecule has 1 spiro atoms. The Morgan fingerprint density at radius 1 is 1.06 bits per heavy atom. The molecule has 0 aromatic heterocycles. The zero-order valence-corrected chi connectivity index (χ0v) is 19.7. The van der Waals surface area contributed by atoms with Crippen LogP contribution in [-0.2, 0) is 15.0 Å². The first-order chi connectivity index (χ1) is 15.2. The first-order valence-electron chi connectivity index (χ1n) is 12.1. The van der Waals surface area contributed by atoms with E-state index in [1.54, 1.807) is 0 Å². The number of imide groups is 1. The Balaban J connectivity index is 1.36. The predicted molar refractivity (Wildman–Crippen MR) is 124 cm³/mol. The highest BCUT2D eigenvalue weighted by Gasteiger charge is 2.53. The molecule has 2 saturated carbocycles. The lowest BCUT2D eigenvalue weighted by atomic mass is 9.67. The van der Waals surface area contributed by atoms with Gasteiger partial charge in [0.15, 0.2) is 0 Å². The zero-order chi connectivity index (χ0) is 23.0. The van der Waals surface area contributed by atoms with Crippen LogP contribution in [0.25, 0.3) is 0 Å². The number of benzene rings is 1. The van der Waals surface area contributed by atoms with Gasteiger partial charge in [-0.2, -0.15) is 0 Å². The minimum atomic E-state index is -0.824. The summed E-state index contributed by atoms with van der Waals surface area (Å²) in [5.41, 5.74) is 0.570. The van der Waals surface area contributed by atoms with Gasteiger partial charge in [0.05, 0.1) is 0 Å². The van der Waals surface area contributed by atoms with Crippen LogP contribution in [0.2, 0.25) is 0 Å². The van der Waals surface area contributed by atoms with E-state index in [4.69, 9.17) is 0 Å². The normalized spacial score (nSPS) is 27.6. The zero-order valence-electron chi connectivity index (χ0n) is 19.7. The molecule has 4 amide bonds. The van der Waals surface area contributed by atoms with Gasteiger partial charge in [0.25, 0.3) is 5.91 Å². The van der Waals surface area contributed by atoms with Gasteiger partial charge in [-0.1, -0.05) is 63.9 Å². The third-order valence-electron chi connectivity index (χ3n) is 8.18. The molecule has 1 saturated heterocycles. The molecule has 3 aliphatic rings. The molecule has 2 aliphatic carbocycles. The van der Waals surface area contributed by atoms with E-state index < -0.39 is 11.6 Å². The third kappa shape index (κ3) is 4.28. The number of hydrogen-bond donors (Lipinski definition) is 2. The average Bonchev–Trinajstić information content (AvgIpc) is 3.33. The smallest absolute Gasteiger partial charge is 0.325 e. The second-order valence-corrected chi connectivity index (χ2v) is 11.2. The van der Waals surface area contributed by atoms with E-state index >= 15 is 0 Å². The molecule has 0 radical (unpaired) electrons. The summed E-state index contributed by atoms with van der Waals surface area (Å²) in [6, 6.07) is 9.92. The van der Waals surface area contributed by atoms with Crippen LogP contribution in [0.5, 0.6) is 0 Å². The standard InChI is InChI=1S/C26H37N3O3/c1-24(2,3)19-11-15-26(16-12-19)22(31)29(23(32)28-26)17-21(30)27-18-25(13-7-8-14-25)20-9-5-4-6-10-20/h4-6,9-10,19H,7-8,11-18H2,1-3H3,(H,27,30)(H,28,32). The van der Waals surface area contributed by atoms with Gasteiger partial charge >= 0.3 is 6.03 Å². The number of urea groups is 1. The maximum Gasteiger partial charge on any atom is 0.325 e. The fraction of sp³-hybridized carbons (Fsp3) is 0.654. The molecule has 2 N–H and O–H groups in total. The number of hydrogen-bond acceptors (Lipinski definition) is 3. The van der Waals surface area contributed by atoms with Crippen molar-refractivity contribution in [1.29, 1.82) is 0 Å². The van der Waals surface area contributed by atoms with Crippen molar-refractivity contribution >= 4 is 17.8 Å². The van der Waals surface area contributed by atoms with Crippen LogP contribution in [-0.4, -0.2) is 41.4 Å². The van der Waals surface area contributed by atoms with Crippen LogP contribution in [0.4, 0.5) is 4.79 Å². The van der Waals surface area contributed by atoms with E-state index in [0.29, 0.717) is 25.3 Å². The van der Waals surface area contributed by atoms with Crippen LogP contribution in [0.1, 0.15) is 77.7 Å². The first kappa shape index (κ1) is 22.8. The molecule has 6 heteroatoms. The molecule has 1 heterocycles. The summed E-state index contributed by atoms with van der Waals surface area (Å²) >= 11 is 0. The molecular weight excluding hydrogens is 402 g/mol. The number of rotatable bonds is 5. The Morgan fingerprint density at radius 3 is 2.28 bits per heavy atom. The molecule has 1 aliphatic heterocycles. The molecule has 32 heavy (non-hydrogen) atoms. The van der Waals surface area contributed by atoms with Gasteiger partial charge in [-0.3, -0.25) is 14.5 Å². The Labute approximate surface area is 191 Å². The first-order valence-corrected chi connectivity index (χ1v) is 12.1. The lowest BCUT2D eigenvalue weighted by Crippen LogP contribution is -2.51. The van der Waals surface area contributed by atoms with E-state index in [0.717, 1.165) is 43.4 Å². The summed E-state index contributed by atoms with van der Waals surface area (Å²) in [7, 11) is 0. The van der Waals surface area contributed by atoms with Gasteiger partial charge in [0, 0.05) is 12.0 Å². The molecule has 0 atom stereocenters. The SMILES string of the molecule is CC(C)(C)C1CCC2(CC1)NC(=O)N(CC(=O)NCC1(c3ccccc3)CCCC1)C2=O. The van der Waals surface area contributed by atoms with Crippen molar-refractivity contribution in [2.75, 3.05) is 13.1 Å². The van der Waals surface area contributed by atoms with E-state index in [1.807, 2.05) is 18.2 Å². The molecule has 0 unspecified atom stereocenters. The highest BCUT2D eigenvalue weighted by molar-refractivity contribution is 6.09. The van der Waals surface area contributed by atoms with Crippen LogP contribution >= 0.6 is 0 Å². The maximum absolute atomic E-state index is 13.2. The summed E-state index contributed by atoms with van der Waals surface area (Å²) < 4.78 is 0. The Kier molecular flexibility index (Phi) is 6.08. The average molecular weight is 440 g/mol. The van der Waals surface area contributed by atoms with Crippen molar-refractivity contribution in [2.45, 2.75) is 83.1 Å². The molecule has 6 nitrogen and oxygen atoms in total. The minimum Gasteiger partial charge on any atom is -0.354 e. The molecule has 3 fully saturated rings. The van der Waals surface area contributed by atoms with E-state index in [2.05, 4.69) is 43.5 Å². The number of nitrogens with zero attached hydrogens (tertiary/aromatic N) is 1. The summed E-state index contributed by atoms with van der Waals surface area (Å²) in [6.07, 6.45) is 7.50. The summed E-state index contributed by atoms with van der Waals surface area (Å²) in [4.78, 5) is 39.7. The van der Waals surface area contributed by atoms with Gasteiger partial charge in [0.2, 0.25) is 5.91 Å². The van der Waals surface area contributed by atoms with Crippen molar-refractivity contribution in [3.63, 3.8) is 0 Å². The fourth-order valence-electron chi connectivity index (χ4n) is 6.01. The van der Waals surface area contributed by atoms with Crippen LogP contribution in [0, 0.1) is 11.3 Å². The van der Waals surface area contributed by atoms with E-state index in [1.165, 1.54) is 5.56 Å². The van der Waals surface area contributed by atoms with Gasteiger partial charge in [0.1, 0.15) is 12.1 Å². The Bertz CT molecular complexity index is 860. The number of carbonyl (C=O) groups excluding carboxylic acids is 3. The Morgan fingerprint density at radius 2 is 1.69 bits per heavy atom. The molecular formula is C26H37N3O3.